The molecule has 136 valence electrons. The number of ether oxygens (including phenoxy) is 2. The van der Waals surface area contributed by atoms with Gasteiger partial charge in [-0.2, -0.15) is 0 Å². The molecule has 2 aromatic heterocycles. The number of hydrogen-bond acceptors (Lipinski definition) is 5. The Hall–Kier alpha value is -2.31. The van der Waals surface area contributed by atoms with Gasteiger partial charge in [0.2, 0.25) is 0 Å². The summed E-state index contributed by atoms with van der Waals surface area (Å²) in [4.78, 5) is 12.0. The fraction of sp³-hybridized carbons (Fsp3) is 0.611. The van der Waals surface area contributed by atoms with Crippen molar-refractivity contribution in [1.29, 1.82) is 0 Å². The molecule has 0 bridgehead atoms. The number of pyridine rings is 1. The van der Waals surface area contributed by atoms with Crippen LogP contribution in [0.15, 0.2) is 18.3 Å². The minimum Gasteiger partial charge on any atom is -0.497 e. The van der Waals surface area contributed by atoms with Gasteiger partial charge in [0, 0.05) is 24.2 Å². The van der Waals surface area contributed by atoms with E-state index < -0.39 is 5.60 Å². The molecule has 3 rings (SSSR count). The minimum atomic E-state index is -0.486. The predicted molar refractivity (Wildman–Crippen MR) is 93.9 cm³/mol. The molecule has 0 radical (unpaired) electrons. The van der Waals surface area contributed by atoms with Gasteiger partial charge in [-0.15, -0.1) is 10.2 Å². The highest BCUT2D eigenvalue weighted by molar-refractivity contribution is 5.68. The Morgan fingerprint density at radius 2 is 2.12 bits per heavy atom. The largest absolute Gasteiger partial charge is 0.497 e. The molecule has 1 amide bonds. The van der Waals surface area contributed by atoms with Gasteiger partial charge in [-0.3, -0.25) is 4.40 Å². The first-order chi connectivity index (χ1) is 11.9. The number of nitrogens with zero attached hydrogens (tertiary/aromatic N) is 3. The average molecular weight is 346 g/mol. The minimum absolute atomic E-state index is 0.0965. The Morgan fingerprint density at radius 1 is 1.32 bits per heavy atom. The second kappa shape index (κ2) is 6.90. The van der Waals surface area contributed by atoms with Gasteiger partial charge in [0.1, 0.15) is 17.2 Å². The van der Waals surface area contributed by atoms with Crippen molar-refractivity contribution in [3.05, 3.63) is 24.2 Å². The summed E-state index contributed by atoms with van der Waals surface area (Å²) in [6.45, 7) is 5.60. The second-order valence-electron chi connectivity index (χ2n) is 7.56. The van der Waals surface area contributed by atoms with Crippen LogP contribution in [0.5, 0.6) is 5.75 Å². The molecule has 1 unspecified atom stereocenters. The average Bonchev–Trinajstić information content (AvgIpc) is 2.96. The first-order valence-electron chi connectivity index (χ1n) is 8.74. The molecule has 0 saturated heterocycles. The third-order valence-corrected chi connectivity index (χ3v) is 4.40. The van der Waals surface area contributed by atoms with E-state index in [1.807, 2.05) is 43.5 Å². The van der Waals surface area contributed by atoms with Crippen LogP contribution in [0.4, 0.5) is 4.79 Å². The van der Waals surface area contributed by atoms with E-state index in [0.29, 0.717) is 0 Å². The van der Waals surface area contributed by atoms with Gasteiger partial charge in [-0.05, 0) is 46.1 Å². The van der Waals surface area contributed by atoms with E-state index in [1.165, 1.54) is 0 Å². The zero-order valence-electron chi connectivity index (χ0n) is 15.3. The maximum atomic E-state index is 12.0. The summed E-state index contributed by atoms with van der Waals surface area (Å²) in [5.41, 5.74) is 0.289. The number of methoxy groups -OCH3 is 1. The second-order valence-corrected chi connectivity index (χ2v) is 7.56. The number of hydrogen-bond donors (Lipinski definition) is 1. The van der Waals surface area contributed by atoms with Crippen molar-refractivity contribution in [3.63, 3.8) is 0 Å². The third-order valence-electron chi connectivity index (χ3n) is 4.40. The molecule has 0 aliphatic heterocycles. The molecule has 2 heterocycles. The number of carbonyl (C=O) groups excluding carboxylic acids is 1. The number of nitrogens with one attached hydrogen (secondary N) is 1. The van der Waals surface area contributed by atoms with Crippen LogP contribution in [0.2, 0.25) is 0 Å². The van der Waals surface area contributed by atoms with E-state index in [9.17, 15) is 4.79 Å². The Bertz CT molecular complexity index is 750. The molecule has 1 N–H and O–H groups in total. The number of alkyl carbamates (subject to hydrolysis) is 1. The molecule has 2 atom stereocenters. The molecule has 0 aromatic carbocycles. The van der Waals surface area contributed by atoms with Crippen LogP contribution >= 0.6 is 0 Å². The normalized spacial score (nSPS) is 21.1. The zero-order valence-corrected chi connectivity index (χ0v) is 15.3. The van der Waals surface area contributed by atoms with Gasteiger partial charge in [-0.25, -0.2) is 4.79 Å². The van der Waals surface area contributed by atoms with E-state index >= 15 is 0 Å². The van der Waals surface area contributed by atoms with Gasteiger partial charge in [0.05, 0.1) is 7.11 Å². The van der Waals surface area contributed by atoms with E-state index in [2.05, 4.69) is 15.5 Å². The fourth-order valence-electron chi connectivity index (χ4n) is 3.33. The maximum Gasteiger partial charge on any atom is 0.407 e. The van der Waals surface area contributed by atoms with Crippen LogP contribution in [0, 0.1) is 0 Å². The van der Waals surface area contributed by atoms with Crippen molar-refractivity contribution in [2.75, 3.05) is 7.11 Å². The summed E-state index contributed by atoms with van der Waals surface area (Å²) in [7, 11) is 1.64. The maximum absolute atomic E-state index is 12.0. The first-order valence-corrected chi connectivity index (χ1v) is 8.74. The van der Waals surface area contributed by atoms with Gasteiger partial charge in [0.15, 0.2) is 5.65 Å². The van der Waals surface area contributed by atoms with Gasteiger partial charge in [0.25, 0.3) is 0 Å². The lowest BCUT2D eigenvalue weighted by atomic mass is 9.85. The molecule has 7 heteroatoms. The quantitative estimate of drug-likeness (QED) is 0.923. The van der Waals surface area contributed by atoms with Crippen molar-refractivity contribution < 1.29 is 14.3 Å². The number of fused-ring (bicyclic) bond motifs is 1. The number of aromatic nitrogens is 3. The molecule has 1 saturated carbocycles. The molecule has 0 spiro atoms. The van der Waals surface area contributed by atoms with Crippen molar-refractivity contribution in [2.45, 2.75) is 64.0 Å². The molecular weight excluding hydrogens is 320 g/mol. The molecule has 2 aromatic rings. The molecule has 1 aliphatic carbocycles. The summed E-state index contributed by atoms with van der Waals surface area (Å²) in [5, 5.41) is 11.6. The molecule has 25 heavy (non-hydrogen) atoms. The van der Waals surface area contributed by atoms with Crippen LogP contribution in [-0.2, 0) is 4.74 Å². The van der Waals surface area contributed by atoms with Crippen LogP contribution < -0.4 is 10.1 Å². The topological polar surface area (TPSA) is 77.8 Å². The van der Waals surface area contributed by atoms with Crippen molar-refractivity contribution in [2.24, 2.45) is 0 Å². The lowest BCUT2D eigenvalue weighted by Gasteiger charge is -2.29. The molecule has 7 nitrogen and oxygen atoms in total. The number of rotatable bonds is 3. The Balaban J connectivity index is 1.70. The van der Waals surface area contributed by atoms with Gasteiger partial charge >= 0.3 is 6.09 Å². The fourth-order valence-corrected chi connectivity index (χ4v) is 3.33. The SMILES string of the molecule is COc1ccn2c([C@H]3CCCC(NC(=O)OC(C)(C)C)C3)nnc2c1. The van der Waals surface area contributed by atoms with Crippen molar-refractivity contribution in [1.82, 2.24) is 19.9 Å². The number of amides is 1. The van der Waals surface area contributed by atoms with Crippen molar-refractivity contribution in [3.8, 4) is 5.75 Å². The van der Waals surface area contributed by atoms with Crippen LogP contribution in [0.1, 0.15) is 58.2 Å². The van der Waals surface area contributed by atoms with Gasteiger partial charge in [-0.1, -0.05) is 6.42 Å². The van der Waals surface area contributed by atoms with Gasteiger partial charge < -0.3 is 14.8 Å². The Kier molecular flexibility index (Phi) is 4.83. The third kappa shape index (κ3) is 4.21. The standard InChI is InChI=1S/C18H26N4O3/c1-18(2,3)25-17(23)19-13-7-5-6-12(10-13)16-21-20-15-11-14(24-4)8-9-22(15)16/h8-9,11-13H,5-7,10H2,1-4H3,(H,19,23)/t12-,13?/m0/s1. The highest BCUT2D eigenvalue weighted by atomic mass is 16.6. The molecule has 1 aliphatic rings. The summed E-state index contributed by atoms with van der Waals surface area (Å²) in [6.07, 6.45) is 5.46. The smallest absolute Gasteiger partial charge is 0.407 e. The van der Waals surface area contributed by atoms with E-state index in [-0.39, 0.29) is 18.1 Å². The van der Waals surface area contributed by atoms with Crippen LogP contribution in [-0.4, -0.2) is 39.4 Å². The summed E-state index contributed by atoms with van der Waals surface area (Å²) in [6, 6.07) is 3.87. The highest BCUT2D eigenvalue weighted by Crippen LogP contribution is 2.32. The molecule has 1 fully saturated rings. The van der Waals surface area contributed by atoms with E-state index in [4.69, 9.17) is 9.47 Å². The summed E-state index contributed by atoms with van der Waals surface area (Å²) < 4.78 is 12.6. The lowest BCUT2D eigenvalue weighted by molar-refractivity contribution is 0.0490. The monoisotopic (exact) mass is 346 g/mol. The lowest BCUT2D eigenvalue weighted by Crippen LogP contribution is -2.41. The van der Waals surface area contributed by atoms with E-state index in [0.717, 1.165) is 42.9 Å². The Labute approximate surface area is 147 Å². The summed E-state index contributed by atoms with van der Waals surface area (Å²) in [5.74, 6) is 1.96. The molecular formula is C18H26N4O3. The highest BCUT2D eigenvalue weighted by Gasteiger charge is 2.29. The van der Waals surface area contributed by atoms with Crippen LogP contribution in [0.25, 0.3) is 5.65 Å². The predicted octanol–water partition coefficient (Wildman–Crippen LogP) is 3.29. The Morgan fingerprint density at radius 3 is 2.84 bits per heavy atom. The van der Waals surface area contributed by atoms with Crippen molar-refractivity contribution >= 4 is 11.7 Å². The van der Waals surface area contributed by atoms with E-state index in [1.54, 1.807) is 7.11 Å². The zero-order chi connectivity index (χ0) is 18.0. The summed E-state index contributed by atoms with van der Waals surface area (Å²) >= 11 is 0. The first kappa shape index (κ1) is 17.5. The number of carbonyl (C=O) groups is 1. The van der Waals surface area contributed by atoms with Crippen LogP contribution in [0.3, 0.4) is 0 Å².